The molecule has 1 aromatic carbocycles. The van der Waals surface area contributed by atoms with E-state index in [9.17, 15) is 13.2 Å². The van der Waals surface area contributed by atoms with Crippen LogP contribution in [0.4, 0.5) is 5.69 Å². The molecule has 0 saturated heterocycles. The monoisotopic (exact) mass is 378 g/mol. The van der Waals surface area contributed by atoms with Crippen molar-refractivity contribution in [2.45, 2.75) is 39.0 Å². The maximum absolute atomic E-state index is 12.8. The predicted molar refractivity (Wildman–Crippen MR) is 98.0 cm³/mol. The van der Waals surface area contributed by atoms with Crippen LogP contribution in [0.3, 0.4) is 0 Å². The lowest BCUT2D eigenvalue weighted by Gasteiger charge is -2.10. The zero-order chi connectivity index (χ0) is 18.4. The largest absolute Gasteiger partial charge is 0.296 e. The highest BCUT2D eigenvalue weighted by Gasteiger charge is 2.25. The van der Waals surface area contributed by atoms with Gasteiger partial charge in [-0.05, 0) is 50.5 Å². The van der Waals surface area contributed by atoms with Gasteiger partial charge >= 0.3 is 0 Å². The molecular weight excluding hydrogens is 360 g/mol. The number of rotatable bonds is 4. The van der Waals surface area contributed by atoms with Gasteiger partial charge in [0.1, 0.15) is 5.01 Å². The second-order valence-corrected chi connectivity index (χ2v) is 8.44. The van der Waals surface area contributed by atoms with Gasteiger partial charge in [-0.2, -0.15) is 9.61 Å². The van der Waals surface area contributed by atoms with E-state index in [1.165, 1.54) is 18.3 Å². The van der Waals surface area contributed by atoms with Crippen molar-refractivity contribution in [3.8, 4) is 0 Å². The number of nitrogens with zero attached hydrogens (tertiary/aromatic N) is 3. The van der Waals surface area contributed by atoms with Crippen molar-refractivity contribution in [2.75, 3.05) is 4.72 Å². The average Bonchev–Trinajstić information content (AvgIpc) is 2.93. The maximum Gasteiger partial charge on any atom is 0.296 e. The molecule has 132 valence electrons. The molecule has 0 unspecified atom stereocenters. The lowest BCUT2D eigenvalue weighted by molar-refractivity contribution is 0.597. The SMILES string of the molecule is CCc1nn2c(=O)c(S(=O)(=O)Nc3ccc(C)c(C)c3)c(C)nc2s1. The van der Waals surface area contributed by atoms with Gasteiger partial charge in [0.05, 0.1) is 5.69 Å². The molecule has 0 aliphatic rings. The summed E-state index contributed by atoms with van der Waals surface area (Å²) in [5, 5.41) is 4.87. The van der Waals surface area contributed by atoms with Gasteiger partial charge in [0.15, 0.2) is 4.90 Å². The van der Waals surface area contributed by atoms with Crippen LogP contribution in [0.1, 0.15) is 28.8 Å². The molecule has 0 spiro atoms. The summed E-state index contributed by atoms with van der Waals surface area (Å²) in [5.74, 6) is 0. The van der Waals surface area contributed by atoms with Crippen LogP contribution in [0.2, 0.25) is 0 Å². The molecule has 9 heteroatoms. The van der Waals surface area contributed by atoms with Gasteiger partial charge in [-0.25, -0.2) is 13.4 Å². The predicted octanol–water partition coefficient (Wildman–Crippen LogP) is 2.44. The first-order valence-electron chi connectivity index (χ1n) is 7.72. The minimum absolute atomic E-state index is 0.160. The number of hydrogen-bond donors (Lipinski definition) is 1. The third kappa shape index (κ3) is 3.16. The van der Waals surface area contributed by atoms with E-state index in [2.05, 4.69) is 14.8 Å². The normalized spacial score (nSPS) is 11.8. The second-order valence-electron chi connectivity index (χ2n) is 5.78. The van der Waals surface area contributed by atoms with Crippen molar-refractivity contribution >= 4 is 32.0 Å². The first-order valence-corrected chi connectivity index (χ1v) is 10.0. The molecule has 0 aliphatic carbocycles. The Morgan fingerprint density at radius 3 is 2.56 bits per heavy atom. The summed E-state index contributed by atoms with van der Waals surface area (Å²) in [5.41, 5.74) is 1.88. The van der Waals surface area contributed by atoms with E-state index in [0.717, 1.165) is 20.6 Å². The van der Waals surface area contributed by atoms with Crippen molar-refractivity contribution in [3.05, 3.63) is 50.4 Å². The highest BCUT2D eigenvalue weighted by atomic mass is 32.2. The van der Waals surface area contributed by atoms with Crippen LogP contribution in [0.15, 0.2) is 27.9 Å². The van der Waals surface area contributed by atoms with Crippen LogP contribution in [0, 0.1) is 20.8 Å². The van der Waals surface area contributed by atoms with Gasteiger partial charge in [0, 0.05) is 5.69 Å². The number of aryl methyl sites for hydroxylation is 4. The summed E-state index contributed by atoms with van der Waals surface area (Å²) in [7, 11) is -4.07. The second kappa shape index (κ2) is 6.23. The van der Waals surface area contributed by atoms with Gasteiger partial charge < -0.3 is 0 Å². The molecule has 0 amide bonds. The molecule has 0 fully saturated rings. The number of anilines is 1. The quantitative estimate of drug-likeness (QED) is 0.753. The van der Waals surface area contributed by atoms with Crippen LogP contribution >= 0.6 is 11.3 Å². The van der Waals surface area contributed by atoms with E-state index < -0.39 is 15.6 Å². The van der Waals surface area contributed by atoms with Gasteiger partial charge in [0.2, 0.25) is 4.96 Å². The Morgan fingerprint density at radius 2 is 1.92 bits per heavy atom. The summed E-state index contributed by atoms with van der Waals surface area (Å²) in [6.07, 6.45) is 0.648. The molecule has 1 N–H and O–H groups in total. The molecule has 3 aromatic rings. The van der Waals surface area contributed by atoms with Crippen LogP contribution in [0.5, 0.6) is 0 Å². The van der Waals surface area contributed by atoms with Crippen molar-refractivity contribution in [2.24, 2.45) is 0 Å². The molecule has 2 heterocycles. The van der Waals surface area contributed by atoms with Crippen LogP contribution in [-0.2, 0) is 16.4 Å². The lowest BCUT2D eigenvalue weighted by Crippen LogP contribution is -2.28. The number of fused-ring (bicyclic) bond motifs is 1. The van der Waals surface area contributed by atoms with Gasteiger partial charge in [-0.15, -0.1) is 0 Å². The van der Waals surface area contributed by atoms with Gasteiger partial charge in [-0.3, -0.25) is 9.52 Å². The zero-order valence-electron chi connectivity index (χ0n) is 14.3. The first-order chi connectivity index (χ1) is 11.7. The Balaban J connectivity index is 2.13. The van der Waals surface area contributed by atoms with E-state index in [4.69, 9.17) is 0 Å². The Hall–Kier alpha value is -2.26. The summed E-state index contributed by atoms with van der Waals surface area (Å²) in [6.45, 7) is 7.26. The minimum Gasteiger partial charge on any atom is -0.279 e. The lowest BCUT2D eigenvalue weighted by atomic mass is 10.1. The molecule has 0 atom stereocenters. The smallest absolute Gasteiger partial charge is 0.279 e. The molecule has 2 aromatic heterocycles. The van der Waals surface area contributed by atoms with Crippen molar-refractivity contribution in [1.82, 2.24) is 14.6 Å². The number of nitrogens with one attached hydrogen (secondary N) is 1. The minimum atomic E-state index is -4.07. The van der Waals surface area contributed by atoms with E-state index in [1.807, 2.05) is 26.8 Å². The topological polar surface area (TPSA) is 93.4 Å². The van der Waals surface area contributed by atoms with Crippen LogP contribution < -0.4 is 10.3 Å². The molecule has 0 aliphatic heterocycles. The zero-order valence-corrected chi connectivity index (χ0v) is 16.0. The summed E-state index contributed by atoms with van der Waals surface area (Å²) < 4.78 is 29.1. The highest BCUT2D eigenvalue weighted by Crippen LogP contribution is 2.20. The molecule has 0 radical (unpaired) electrons. The maximum atomic E-state index is 12.8. The molecule has 7 nitrogen and oxygen atoms in total. The third-order valence-corrected chi connectivity index (χ3v) is 6.48. The Bertz CT molecular complexity index is 1130. The molecule has 25 heavy (non-hydrogen) atoms. The molecule has 3 rings (SSSR count). The van der Waals surface area contributed by atoms with Crippen molar-refractivity contribution in [1.29, 1.82) is 0 Å². The van der Waals surface area contributed by atoms with Crippen molar-refractivity contribution < 1.29 is 8.42 Å². The fraction of sp³-hybridized carbons (Fsp3) is 0.312. The Labute approximate surface area is 149 Å². The van der Waals surface area contributed by atoms with Crippen molar-refractivity contribution in [3.63, 3.8) is 0 Å². The van der Waals surface area contributed by atoms with Crippen LogP contribution in [-0.4, -0.2) is 23.0 Å². The highest BCUT2D eigenvalue weighted by molar-refractivity contribution is 7.92. The van der Waals surface area contributed by atoms with E-state index in [1.54, 1.807) is 12.1 Å². The van der Waals surface area contributed by atoms with Gasteiger partial charge in [-0.1, -0.05) is 24.3 Å². The van der Waals surface area contributed by atoms with E-state index >= 15 is 0 Å². The summed E-state index contributed by atoms with van der Waals surface area (Å²) in [6, 6.07) is 5.21. The number of aromatic nitrogens is 3. The molecule has 0 bridgehead atoms. The fourth-order valence-electron chi connectivity index (χ4n) is 2.43. The fourth-order valence-corrected chi connectivity index (χ4v) is 4.59. The Morgan fingerprint density at radius 1 is 1.20 bits per heavy atom. The van der Waals surface area contributed by atoms with E-state index in [0.29, 0.717) is 17.1 Å². The van der Waals surface area contributed by atoms with Crippen LogP contribution in [0.25, 0.3) is 4.96 Å². The number of sulfonamides is 1. The Kier molecular flexibility index (Phi) is 4.38. The molecular formula is C16H18N4O3S2. The van der Waals surface area contributed by atoms with Gasteiger partial charge in [0.25, 0.3) is 15.6 Å². The summed E-state index contributed by atoms with van der Waals surface area (Å²) >= 11 is 1.28. The van der Waals surface area contributed by atoms with E-state index in [-0.39, 0.29) is 10.6 Å². The third-order valence-electron chi connectivity index (χ3n) is 3.91. The summed E-state index contributed by atoms with van der Waals surface area (Å²) in [4.78, 5) is 16.9. The first kappa shape index (κ1) is 17.6. The number of hydrogen-bond acceptors (Lipinski definition) is 6. The number of benzene rings is 1. The molecule has 0 saturated carbocycles. The average molecular weight is 378 g/mol. The standard InChI is InChI=1S/C16H18N4O3S2/c1-5-13-18-20-15(21)14(11(4)17-16(20)24-13)25(22,23)19-12-7-6-9(2)10(3)8-12/h6-8,19H,5H2,1-4H3.